The van der Waals surface area contributed by atoms with Gasteiger partial charge >= 0.3 is 0 Å². The van der Waals surface area contributed by atoms with Crippen LogP contribution in [0.4, 0.5) is 0 Å². The van der Waals surface area contributed by atoms with Crippen LogP contribution in [0.5, 0.6) is 5.75 Å². The summed E-state index contributed by atoms with van der Waals surface area (Å²) < 4.78 is 10.4. The normalized spacial score (nSPS) is 10.2. The van der Waals surface area contributed by atoms with Gasteiger partial charge in [0, 0.05) is 10.8 Å². The molecule has 0 saturated carbocycles. The SMILES string of the molecule is COC(=N)c1cc(Cl)cc(SCc2ccccc2)c1OC. The van der Waals surface area contributed by atoms with Gasteiger partial charge in [0.1, 0.15) is 5.75 Å². The van der Waals surface area contributed by atoms with Crippen molar-refractivity contribution in [2.24, 2.45) is 0 Å². The number of halogens is 1. The molecule has 0 aliphatic heterocycles. The van der Waals surface area contributed by atoms with Gasteiger partial charge in [-0.3, -0.25) is 5.41 Å². The third-order valence-corrected chi connectivity index (χ3v) is 4.22. The zero-order chi connectivity index (χ0) is 15.2. The summed E-state index contributed by atoms with van der Waals surface area (Å²) in [6, 6.07) is 13.7. The molecule has 0 heterocycles. The fraction of sp³-hybridized carbons (Fsp3) is 0.188. The van der Waals surface area contributed by atoms with Gasteiger partial charge in [-0.1, -0.05) is 41.9 Å². The Kier molecular flexibility index (Phi) is 5.53. The average Bonchev–Trinajstić information content (AvgIpc) is 2.52. The summed E-state index contributed by atoms with van der Waals surface area (Å²) in [5.41, 5.74) is 1.77. The van der Waals surface area contributed by atoms with Crippen molar-refractivity contribution in [2.75, 3.05) is 14.2 Å². The van der Waals surface area contributed by atoms with Gasteiger partial charge in [-0.2, -0.15) is 0 Å². The molecule has 0 aliphatic carbocycles. The number of hydrogen-bond donors (Lipinski definition) is 1. The highest BCUT2D eigenvalue weighted by Gasteiger charge is 2.16. The summed E-state index contributed by atoms with van der Waals surface area (Å²) >= 11 is 7.76. The molecule has 21 heavy (non-hydrogen) atoms. The Balaban J connectivity index is 2.30. The summed E-state index contributed by atoms with van der Waals surface area (Å²) in [6.07, 6.45) is 0. The van der Waals surface area contributed by atoms with Crippen LogP contribution in [0, 0.1) is 5.41 Å². The molecular weight excluding hydrogens is 306 g/mol. The molecule has 5 heteroatoms. The molecule has 0 spiro atoms. The van der Waals surface area contributed by atoms with E-state index in [0.717, 1.165) is 10.6 Å². The third-order valence-electron chi connectivity index (χ3n) is 2.91. The van der Waals surface area contributed by atoms with E-state index in [1.807, 2.05) is 24.3 Å². The molecule has 0 saturated heterocycles. The van der Waals surface area contributed by atoms with Gasteiger partial charge < -0.3 is 9.47 Å². The lowest BCUT2D eigenvalue weighted by Gasteiger charge is -2.14. The standard InChI is InChI=1S/C16H16ClNO2S/c1-19-15-13(16(18)20-2)8-12(17)9-14(15)21-10-11-6-4-3-5-7-11/h3-9,18H,10H2,1-2H3. The highest BCUT2D eigenvalue weighted by molar-refractivity contribution is 7.98. The van der Waals surface area contributed by atoms with Gasteiger partial charge in [-0.05, 0) is 17.7 Å². The van der Waals surface area contributed by atoms with Gasteiger partial charge in [-0.25, -0.2) is 0 Å². The fourth-order valence-electron chi connectivity index (χ4n) is 1.90. The Hall–Kier alpha value is -1.65. The van der Waals surface area contributed by atoms with Crippen molar-refractivity contribution in [3.05, 3.63) is 58.6 Å². The first-order valence-corrected chi connectivity index (χ1v) is 7.69. The van der Waals surface area contributed by atoms with Crippen molar-refractivity contribution < 1.29 is 9.47 Å². The number of thioether (sulfide) groups is 1. The number of benzene rings is 2. The van der Waals surface area contributed by atoms with E-state index in [9.17, 15) is 0 Å². The van der Waals surface area contributed by atoms with Crippen LogP contribution in [0.1, 0.15) is 11.1 Å². The molecule has 0 unspecified atom stereocenters. The van der Waals surface area contributed by atoms with Gasteiger partial charge in [-0.15, -0.1) is 11.8 Å². The first-order chi connectivity index (χ1) is 10.2. The number of nitrogens with one attached hydrogen (secondary N) is 1. The average molecular weight is 322 g/mol. The van der Waals surface area contributed by atoms with E-state index in [-0.39, 0.29) is 5.90 Å². The Morgan fingerprint density at radius 3 is 2.52 bits per heavy atom. The van der Waals surface area contributed by atoms with E-state index in [4.69, 9.17) is 26.5 Å². The Labute approximate surface area is 133 Å². The summed E-state index contributed by atoms with van der Waals surface area (Å²) in [7, 11) is 3.04. The molecule has 2 aromatic rings. The topological polar surface area (TPSA) is 42.3 Å². The maximum absolute atomic E-state index is 7.84. The number of methoxy groups -OCH3 is 2. The minimum absolute atomic E-state index is 0.0379. The van der Waals surface area contributed by atoms with E-state index in [2.05, 4.69) is 12.1 Å². The fourth-order valence-corrected chi connectivity index (χ4v) is 3.23. The first-order valence-electron chi connectivity index (χ1n) is 6.33. The van der Waals surface area contributed by atoms with Gasteiger partial charge in [0.25, 0.3) is 0 Å². The summed E-state index contributed by atoms with van der Waals surface area (Å²) in [5.74, 6) is 1.46. The van der Waals surface area contributed by atoms with Crippen molar-refractivity contribution in [2.45, 2.75) is 10.6 Å². The van der Waals surface area contributed by atoms with Crippen LogP contribution in [-0.4, -0.2) is 20.1 Å². The molecule has 0 aliphatic rings. The van der Waals surface area contributed by atoms with Crippen molar-refractivity contribution in [1.29, 1.82) is 5.41 Å². The maximum Gasteiger partial charge on any atom is 0.216 e. The predicted molar refractivity (Wildman–Crippen MR) is 87.8 cm³/mol. The van der Waals surface area contributed by atoms with Crippen LogP contribution in [0.15, 0.2) is 47.4 Å². The van der Waals surface area contributed by atoms with Crippen LogP contribution < -0.4 is 4.74 Å². The molecule has 0 radical (unpaired) electrons. The second kappa shape index (κ2) is 7.38. The second-order valence-electron chi connectivity index (χ2n) is 4.29. The van der Waals surface area contributed by atoms with Crippen LogP contribution >= 0.6 is 23.4 Å². The monoisotopic (exact) mass is 321 g/mol. The van der Waals surface area contributed by atoms with Gasteiger partial charge in [0.2, 0.25) is 5.90 Å². The van der Waals surface area contributed by atoms with E-state index in [1.165, 1.54) is 12.7 Å². The second-order valence-corrected chi connectivity index (χ2v) is 5.75. The molecule has 0 amide bonds. The number of ether oxygens (including phenoxy) is 2. The highest BCUT2D eigenvalue weighted by Crippen LogP contribution is 2.37. The number of hydrogen-bond acceptors (Lipinski definition) is 4. The summed E-state index contributed by atoms with van der Waals surface area (Å²) in [4.78, 5) is 0.894. The van der Waals surface area contributed by atoms with Crippen molar-refractivity contribution in [3.8, 4) is 5.75 Å². The van der Waals surface area contributed by atoms with Crippen LogP contribution in [-0.2, 0) is 10.5 Å². The highest BCUT2D eigenvalue weighted by atomic mass is 35.5. The van der Waals surface area contributed by atoms with E-state index >= 15 is 0 Å². The van der Waals surface area contributed by atoms with Gasteiger partial charge in [0.05, 0.1) is 24.7 Å². The van der Waals surface area contributed by atoms with E-state index < -0.39 is 0 Å². The Morgan fingerprint density at radius 1 is 1.19 bits per heavy atom. The van der Waals surface area contributed by atoms with E-state index in [0.29, 0.717) is 16.3 Å². The summed E-state index contributed by atoms with van der Waals surface area (Å²) in [5, 5.41) is 8.40. The zero-order valence-corrected chi connectivity index (χ0v) is 13.4. The molecule has 1 N–H and O–H groups in total. The lowest BCUT2D eigenvalue weighted by molar-refractivity contribution is 0.383. The maximum atomic E-state index is 7.84. The minimum atomic E-state index is 0.0379. The minimum Gasteiger partial charge on any atom is -0.495 e. The Morgan fingerprint density at radius 2 is 1.90 bits per heavy atom. The molecule has 0 atom stereocenters. The van der Waals surface area contributed by atoms with Crippen molar-refractivity contribution in [3.63, 3.8) is 0 Å². The summed E-state index contributed by atoms with van der Waals surface area (Å²) in [6.45, 7) is 0. The van der Waals surface area contributed by atoms with Crippen molar-refractivity contribution >= 4 is 29.3 Å². The first kappa shape index (κ1) is 15.7. The molecule has 2 aromatic carbocycles. The molecule has 2 rings (SSSR count). The third kappa shape index (κ3) is 3.93. The predicted octanol–water partition coefficient (Wildman–Crippen LogP) is 4.61. The van der Waals surface area contributed by atoms with Crippen LogP contribution in [0.25, 0.3) is 0 Å². The quantitative estimate of drug-likeness (QED) is 0.496. The lowest BCUT2D eigenvalue weighted by Crippen LogP contribution is -2.05. The smallest absolute Gasteiger partial charge is 0.216 e. The molecule has 0 bridgehead atoms. The van der Waals surface area contributed by atoms with Crippen LogP contribution in [0.2, 0.25) is 5.02 Å². The molecule has 110 valence electrons. The molecule has 3 nitrogen and oxygen atoms in total. The lowest BCUT2D eigenvalue weighted by atomic mass is 10.2. The Bertz CT molecular complexity index is 632. The van der Waals surface area contributed by atoms with Crippen LogP contribution in [0.3, 0.4) is 0 Å². The molecule has 0 fully saturated rings. The molecule has 0 aromatic heterocycles. The zero-order valence-electron chi connectivity index (χ0n) is 11.9. The molecular formula is C16H16ClNO2S. The van der Waals surface area contributed by atoms with Gasteiger partial charge in [0.15, 0.2) is 0 Å². The largest absolute Gasteiger partial charge is 0.495 e. The van der Waals surface area contributed by atoms with Crippen molar-refractivity contribution in [1.82, 2.24) is 0 Å². The van der Waals surface area contributed by atoms with E-state index in [1.54, 1.807) is 24.9 Å². The number of rotatable bonds is 5.